The number of nitrogens with zero attached hydrogens (tertiary/aromatic N) is 12. The third kappa shape index (κ3) is 15.7. The van der Waals surface area contributed by atoms with Gasteiger partial charge in [0, 0.05) is 66.9 Å². The van der Waals surface area contributed by atoms with Gasteiger partial charge in [0.15, 0.2) is 0 Å². The summed E-state index contributed by atoms with van der Waals surface area (Å²) >= 11 is 0. The molecule has 562 valence electrons. The predicted molar refractivity (Wildman–Crippen MR) is 433 cm³/mol. The fraction of sp³-hybridized carbons (Fsp3) is 0. The Hall–Kier alpha value is -16.4. The number of carbonyl (C=O) groups excluding carboxylic acids is 4. The Balaban J connectivity index is 0.0000102. The minimum absolute atomic E-state index is 0. The molecule has 0 unspecified atom stereocenters. The van der Waals surface area contributed by atoms with Gasteiger partial charge < -0.3 is 69.3 Å². The van der Waals surface area contributed by atoms with E-state index in [2.05, 4.69) is 42.1 Å². The Morgan fingerprint density at radius 2 is 0.650 bits per heavy atom. The number of para-hydroxylation sites is 8. The first-order valence-corrected chi connectivity index (χ1v) is 35.6. The second-order valence-electron chi connectivity index (χ2n) is 25.7. The van der Waals surface area contributed by atoms with E-state index in [1.807, 2.05) is 6.07 Å². The van der Waals surface area contributed by atoms with Crippen molar-refractivity contribution in [1.29, 1.82) is 0 Å². The number of fused-ring (bicyclic) bond motifs is 20. The zero-order chi connectivity index (χ0) is 79.2. The smallest absolute Gasteiger partial charge is 0.507 e. The van der Waals surface area contributed by atoms with Gasteiger partial charge in [-0.3, -0.25) is 19.2 Å². The number of ether oxygens (including phenoxy) is 4. The molecule has 8 N–H and O–H groups in total. The SMILES string of the molecule is O=C(N/N=C/c1ccccc1Oc1ccc2c(c1)-c1nc-2nc2[n-]c(nc3nc(nc4[n-]c(n1)c1cc(Oc5ccccc5/C=N/NC(=O)c5ccccc5O)ccc41)-c1cccc(Oc4ccccc4/C=N/NC(=O)c4ccccc4O)c1-3)c1cccc(Oc3ccccc3/C=N/NC(=O)c3ccccc3O)c21)c1ccccc1O.[Zn+2]. The number of benzene rings is 12. The van der Waals surface area contributed by atoms with Crippen LogP contribution in [-0.4, -0.2) is 98.8 Å². The standard InChI is InChI=1S/C88H58N16O12.Zn/c105-65-29-9-5-23-57(65)85(109)101-89-45-49-19-1-13-33-69(49)113-53-39-41-55-63(43-53)81-94-77(55)93-79-61-27-17-37-73(115-71-35-15-3-21-51(71)47-91-103-87(111)59-25-7-11-31-67(59)107)75(61)84(98-79)100-80-62-28-18-38-74(116-72-36-16-4-22-52(72)48-92-104-88(112)60-26-8-12-32-68(60)108)76(62)83(99-80)97-78-56-42-40-54(44-64(56)82(95-78)96-81)114-70-34-14-2-20-50(70)46-90-102-86(110)58-24-6-10-30-66(58)106;/h1-48H,(H10,93,94,95,96,97,98,99,100,101,102,103,104,105,106,107,108,109,110,111,112);/q;+2/p-2/b89-45+,90-46+,91-47+,92-48+;. The number of carbonyl (C=O) groups is 4. The van der Waals surface area contributed by atoms with Crippen molar-refractivity contribution in [1.82, 2.24) is 61.6 Å². The van der Waals surface area contributed by atoms with Crippen LogP contribution in [0.3, 0.4) is 0 Å². The number of phenolic OH excluding ortho intramolecular Hbond substituents is 4. The average Bonchev–Trinajstić information content (AvgIpc) is 1.59. The zero-order valence-electron chi connectivity index (χ0n) is 60.8. The molecule has 3 aromatic heterocycles. The van der Waals surface area contributed by atoms with Crippen molar-refractivity contribution in [2.75, 3.05) is 0 Å². The molecule has 15 aromatic rings. The first kappa shape index (κ1) is 74.7. The molecule has 28 nitrogen and oxygen atoms in total. The third-order valence-electron chi connectivity index (χ3n) is 18.3. The number of hydrogen-bond donors (Lipinski definition) is 8. The number of phenols is 4. The van der Waals surface area contributed by atoms with Gasteiger partial charge in [0.25, 0.3) is 23.6 Å². The van der Waals surface area contributed by atoms with Crippen molar-refractivity contribution >= 4 is 92.6 Å². The van der Waals surface area contributed by atoms with E-state index in [9.17, 15) is 39.6 Å². The molecule has 5 heterocycles. The number of rotatable bonds is 20. The van der Waals surface area contributed by atoms with Crippen molar-refractivity contribution in [3.8, 4) is 115 Å². The van der Waals surface area contributed by atoms with E-state index in [0.717, 1.165) is 0 Å². The van der Waals surface area contributed by atoms with Crippen molar-refractivity contribution in [3.05, 3.63) is 311 Å². The van der Waals surface area contributed by atoms with Gasteiger partial charge in [0.05, 0.1) is 76.0 Å². The number of aromatic hydroxyl groups is 4. The van der Waals surface area contributed by atoms with Crippen LogP contribution in [-0.2, 0) is 19.5 Å². The second-order valence-corrected chi connectivity index (χ2v) is 25.7. The van der Waals surface area contributed by atoms with Crippen LogP contribution < -0.4 is 50.6 Å². The van der Waals surface area contributed by atoms with E-state index in [-0.39, 0.29) is 122 Å². The van der Waals surface area contributed by atoms with Crippen LogP contribution in [0, 0.1) is 0 Å². The van der Waals surface area contributed by atoms with Gasteiger partial charge in [-0.15, -0.1) is 0 Å². The molecule has 0 saturated heterocycles. The Kier molecular flexibility index (Phi) is 21.0. The maximum absolute atomic E-state index is 13.2. The van der Waals surface area contributed by atoms with Crippen LogP contribution in [0.25, 0.3) is 89.7 Å². The summed E-state index contributed by atoms with van der Waals surface area (Å²) in [6.45, 7) is 0. The fourth-order valence-corrected chi connectivity index (χ4v) is 12.7. The van der Waals surface area contributed by atoms with Gasteiger partial charge in [-0.1, -0.05) is 121 Å². The summed E-state index contributed by atoms with van der Waals surface area (Å²) in [5.41, 5.74) is 14.1. The van der Waals surface area contributed by atoms with Gasteiger partial charge >= 0.3 is 19.5 Å². The van der Waals surface area contributed by atoms with E-state index in [4.69, 9.17) is 58.8 Å². The molecule has 17 rings (SSSR count). The maximum Gasteiger partial charge on any atom is 2.00 e. The molecule has 0 atom stereocenters. The third-order valence-corrected chi connectivity index (χ3v) is 18.3. The van der Waals surface area contributed by atoms with Gasteiger partial charge in [-0.25, -0.2) is 31.7 Å². The van der Waals surface area contributed by atoms with Crippen molar-refractivity contribution in [3.63, 3.8) is 0 Å². The molecule has 0 fully saturated rings. The van der Waals surface area contributed by atoms with Crippen LogP contribution in [0.5, 0.6) is 69.0 Å². The van der Waals surface area contributed by atoms with E-state index >= 15 is 0 Å². The van der Waals surface area contributed by atoms with Crippen LogP contribution in [0.2, 0.25) is 0 Å². The quantitative estimate of drug-likeness (QED) is 0.0200. The van der Waals surface area contributed by atoms with Crippen molar-refractivity contribution < 1.29 is 78.0 Å². The first-order valence-electron chi connectivity index (χ1n) is 35.6. The predicted octanol–water partition coefficient (Wildman–Crippen LogP) is 15.2. The van der Waals surface area contributed by atoms with Crippen molar-refractivity contribution in [2.45, 2.75) is 0 Å². The minimum atomic E-state index is -0.650. The van der Waals surface area contributed by atoms with E-state index in [0.29, 0.717) is 101 Å². The molecule has 2 aliphatic heterocycles. The van der Waals surface area contributed by atoms with Gasteiger partial charge in [0.2, 0.25) is 0 Å². The van der Waals surface area contributed by atoms with E-state index in [1.165, 1.54) is 73.4 Å². The molecule has 0 saturated carbocycles. The van der Waals surface area contributed by atoms with Gasteiger partial charge in [-0.05, 0) is 162 Å². The van der Waals surface area contributed by atoms with E-state index in [1.54, 1.807) is 212 Å². The zero-order valence-corrected chi connectivity index (χ0v) is 63.8. The molecule has 29 heteroatoms. The van der Waals surface area contributed by atoms with Crippen LogP contribution in [0.4, 0.5) is 0 Å². The molecular formula is C88H56N16O12Zn. The monoisotopic (exact) mass is 1590 g/mol. The summed E-state index contributed by atoms with van der Waals surface area (Å²) in [4.78, 5) is 94.6. The molecule has 0 aliphatic carbocycles. The molecule has 2 aliphatic rings. The number of hydrogen-bond acceptors (Lipinski definition) is 22. The Labute approximate surface area is 674 Å². The largest absolute Gasteiger partial charge is 2.00 e. The molecule has 4 amide bonds. The number of aromatic nitrogens is 8. The summed E-state index contributed by atoms with van der Waals surface area (Å²) < 4.78 is 27.1. The summed E-state index contributed by atoms with van der Waals surface area (Å²) in [7, 11) is 0. The van der Waals surface area contributed by atoms with Crippen LogP contribution in [0.1, 0.15) is 63.7 Å². The normalized spacial score (nSPS) is 11.5. The van der Waals surface area contributed by atoms with E-state index < -0.39 is 23.6 Å². The molecular weight excluding hydrogens is 1540 g/mol. The summed E-state index contributed by atoms with van der Waals surface area (Å²) in [5, 5.41) is 60.2. The number of amides is 4. The van der Waals surface area contributed by atoms with Crippen LogP contribution >= 0.6 is 0 Å². The molecule has 12 aromatic carbocycles. The fourth-order valence-electron chi connectivity index (χ4n) is 12.7. The number of nitrogens with one attached hydrogen (secondary N) is 4. The molecule has 117 heavy (non-hydrogen) atoms. The van der Waals surface area contributed by atoms with Crippen molar-refractivity contribution in [2.24, 2.45) is 20.4 Å². The second kappa shape index (κ2) is 32.9. The topological polar surface area (TPSA) is 389 Å². The maximum atomic E-state index is 13.2. The minimum Gasteiger partial charge on any atom is -0.507 e. The summed E-state index contributed by atoms with van der Waals surface area (Å²) in [6.07, 6.45) is 5.64. The summed E-state index contributed by atoms with van der Waals surface area (Å²) in [6, 6.07) is 73.5. The molecule has 0 radical (unpaired) electrons. The summed E-state index contributed by atoms with van der Waals surface area (Å²) in [5.74, 6) is -0.495. The Morgan fingerprint density at radius 1 is 0.299 bits per heavy atom. The first-order chi connectivity index (χ1) is 56.8. The molecule has 8 bridgehead atoms. The van der Waals surface area contributed by atoms with Gasteiger partial charge in [0.1, 0.15) is 69.0 Å². The van der Waals surface area contributed by atoms with Crippen LogP contribution in [0.15, 0.2) is 287 Å². The van der Waals surface area contributed by atoms with Gasteiger partial charge in [-0.2, -0.15) is 20.4 Å². The number of hydrazone groups is 4. The molecule has 0 spiro atoms. The Morgan fingerprint density at radius 3 is 1.15 bits per heavy atom. The average molecular weight is 1590 g/mol. The Bertz CT molecular complexity index is 6830.